The summed E-state index contributed by atoms with van der Waals surface area (Å²) in [5.41, 5.74) is -0.625. The Morgan fingerprint density at radius 2 is 1.85 bits per heavy atom. The number of hydrogen-bond donors (Lipinski definition) is 1. The van der Waals surface area contributed by atoms with Gasteiger partial charge in [-0.05, 0) is 12.3 Å². The molecule has 0 aromatic heterocycles. The lowest BCUT2D eigenvalue weighted by Crippen LogP contribution is -2.51. The Morgan fingerprint density at radius 3 is 2.42 bits per heavy atom. The topological polar surface area (TPSA) is 99.1 Å². The van der Waals surface area contributed by atoms with Gasteiger partial charge in [0.2, 0.25) is 0 Å². The van der Waals surface area contributed by atoms with Gasteiger partial charge in [-0.15, -0.1) is 0 Å². The van der Waals surface area contributed by atoms with Crippen LogP contribution in [0.2, 0.25) is 0 Å². The second-order valence-corrected chi connectivity index (χ2v) is 8.03. The molecule has 3 rings (SSSR count). The molecule has 2 saturated carbocycles. The van der Waals surface area contributed by atoms with E-state index in [-0.39, 0.29) is 23.8 Å². The summed E-state index contributed by atoms with van der Waals surface area (Å²) < 4.78 is 16.6. The molecular formula is C19H26O7. The van der Waals surface area contributed by atoms with Crippen LogP contribution in [0, 0.1) is 23.2 Å². The van der Waals surface area contributed by atoms with Crippen LogP contribution in [0.4, 0.5) is 0 Å². The lowest BCUT2D eigenvalue weighted by atomic mass is 9.66. The second-order valence-electron chi connectivity index (χ2n) is 8.03. The summed E-state index contributed by atoms with van der Waals surface area (Å²) in [5.74, 6) is -2.18. The van der Waals surface area contributed by atoms with Crippen LogP contribution in [-0.4, -0.2) is 47.4 Å². The lowest BCUT2D eigenvalue weighted by molar-refractivity contribution is -0.170. The molecule has 0 bridgehead atoms. The molecule has 26 heavy (non-hydrogen) atoms. The number of fused-ring (bicyclic) bond motifs is 2. The molecule has 0 amide bonds. The third-order valence-corrected chi connectivity index (χ3v) is 6.38. The van der Waals surface area contributed by atoms with E-state index in [4.69, 9.17) is 14.2 Å². The first-order valence-electron chi connectivity index (χ1n) is 8.99. The van der Waals surface area contributed by atoms with Gasteiger partial charge in [0.05, 0.1) is 12.0 Å². The molecule has 0 radical (unpaired) electrons. The van der Waals surface area contributed by atoms with E-state index in [1.165, 1.54) is 13.8 Å². The highest BCUT2D eigenvalue weighted by atomic mass is 16.6. The van der Waals surface area contributed by atoms with Crippen molar-refractivity contribution < 1.29 is 33.7 Å². The maximum Gasteiger partial charge on any atom is 0.334 e. The van der Waals surface area contributed by atoms with Crippen LogP contribution in [0.1, 0.15) is 40.5 Å². The quantitative estimate of drug-likeness (QED) is 0.448. The molecular weight excluding hydrogens is 340 g/mol. The van der Waals surface area contributed by atoms with Crippen LogP contribution in [0.3, 0.4) is 0 Å². The normalized spacial score (nSPS) is 44.6. The number of esters is 3. The summed E-state index contributed by atoms with van der Waals surface area (Å²) in [4.78, 5) is 35.5. The molecule has 1 heterocycles. The highest BCUT2D eigenvalue weighted by molar-refractivity contribution is 5.91. The zero-order chi connectivity index (χ0) is 19.4. The van der Waals surface area contributed by atoms with Crippen LogP contribution in [0.5, 0.6) is 0 Å². The maximum atomic E-state index is 12.1. The molecule has 144 valence electrons. The van der Waals surface area contributed by atoms with Gasteiger partial charge in [-0.1, -0.05) is 20.4 Å². The number of rotatable bonds is 2. The van der Waals surface area contributed by atoms with Crippen molar-refractivity contribution in [3.8, 4) is 0 Å². The van der Waals surface area contributed by atoms with Crippen LogP contribution >= 0.6 is 0 Å². The van der Waals surface area contributed by atoms with Gasteiger partial charge in [-0.3, -0.25) is 9.59 Å². The van der Waals surface area contributed by atoms with Crippen LogP contribution in [0.15, 0.2) is 12.2 Å². The molecule has 3 aliphatic rings. The van der Waals surface area contributed by atoms with E-state index < -0.39 is 53.7 Å². The monoisotopic (exact) mass is 366 g/mol. The van der Waals surface area contributed by atoms with Crippen molar-refractivity contribution in [2.75, 3.05) is 0 Å². The Morgan fingerprint density at radius 1 is 1.23 bits per heavy atom. The summed E-state index contributed by atoms with van der Waals surface area (Å²) in [6, 6.07) is 0. The second kappa shape index (κ2) is 6.37. The Kier molecular flexibility index (Phi) is 4.63. The molecule has 3 fully saturated rings. The fraction of sp³-hybridized carbons (Fsp3) is 0.737. The summed E-state index contributed by atoms with van der Waals surface area (Å²) in [6.45, 7) is 10.3. The third kappa shape index (κ3) is 2.73. The fourth-order valence-corrected chi connectivity index (χ4v) is 5.44. The van der Waals surface area contributed by atoms with Gasteiger partial charge in [0.1, 0.15) is 18.3 Å². The minimum absolute atomic E-state index is 0.0201. The smallest absolute Gasteiger partial charge is 0.334 e. The standard InChI is InChI=1S/C19H26O7/c1-8-6-12-15(9(2)18(23)26-12)17(25-11(4)21)19(5)14(22)7-13(16(8)19)24-10(3)20/h8,12-17,22H,2,6-7H2,1,3-5H3. The molecule has 0 aromatic carbocycles. The lowest BCUT2D eigenvalue weighted by Gasteiger charge is -2.43. The summed E-state index contributed by atoms with van der Waals surface area (Å²) in [7, 11) is 0. The van der Waals surface area contributed by atoms with E-state index in [1.807, 2.05) is 13.8 Å². The summed E-state index contributed by atoms with van der Waals surface area (Å²) in [6.07, 6.45) is -1.80. The van der Waals surface area contributed by atoms with Gasteiger partial charge in [-0.25, -0.2) is 4.79 Å². The van der Waals surface area contributed by atoms with E-state index in [2.05, 4.69) is 6.58 Å². The first-order valence-corrected chi connectivity index (χ1v) is 8.99. The molecule has 7 heteroatoms. The van der Waals surface area contributed by atoms with Crippen molar-refractivity contribution in [2.24, 2.45) is 23.2 Å². The average Bonchev–Trinajstić information content (AvgIpc) is 2.88. The van der Waals surface area contributed by atoms with Crippen molar-refractivity contribution in [1.29, 1.82) is 0 Å². The van der Waals surface area contributed by atoms with Gasteiger partial charge in [0.25, 0.3) is 0 Å². The molecule has 8 unspecified atom stereocenters. The Balaban J connectivity index is 2.10. The third-order valence-electron chi connectivity index (χ3n) is 6.38. The minimum atomic E-state index is -0.887. The number of carbonyl (C=O) groups excluding carboxylic acids is 3. The highest BCUT2D eigenvalue weighted by Gasteiger charge is 2.66. The van der Waals surface area contributed by atoms with Gasteiger partial charge < -0.3 is 19.3 Å². The molecule has 0 spiro atoms. The van der Waals surface area contributed by atoms with E-state index in [0.29, 0.717) is 6.42 Å². The Labute approximate surface area is 152 Å². The number of carbonyl (C=O) groups is 3. The zero-order valence-electron chi connectivity index (χ0n) is 15.6. The Bertz CT molecular complexity index is 656. The van der Waals surface area contributed by atoms with Gasteiger partial charge in [-0.2, -0.15) is 0 Å². The van der Waals surface area contributed by atoms with E-state index in [0.717, 1.165) is 0 Å². The fourth-order valence-electron chi connectivity index (χ4n) is 5.44. The molecule has 0 aromatic rings. The van der Waals surface area contributed by atoms with Crippen molar-refractivity contribution >= 4 is 17.9 Å². The molecule has 1 N–H and O–H groups in total. The van der Waals surface area contributed by atoms with Crippen molar-refractivity contribution in [3.05, 3.63) is 12.2 Å². The van der Waals surface area contributed by atoms with Crippen molar-refractivity contribution in [3.63, 3.8) is 0 Å². The number of aliphatic hydroxyl groups is 1. The molecule has 1 aliphatic heterocycles. The maximum absolute atomic E-state index is 12.1. The van der Waals surface area contributed by atoms with E-state index >= 15 is 0 Å². The predicted molar refractivity (Wildman–Crippen MR) is 89.6 cm³/mol. The van der Waals surface area contributed by atoms with Gasteiger partial charge >= 0.3 is 17.9 Å². The van der Waals surface area contributed by atoms with Crippen molar-refractivity contribution in [2.45, 2.75) is 65.0 Å². The predicted octanol–water partition coefficient (Wildman–Crippen LogP) is 1.37. The first-order chi connectivity index (χ1) is 12.1. The van der Waals surface area contributed by atoms with Crippen LogP contribution in [0.25, 0.3) is 0 Å². The summed E-state index contributed by atoms with van der Waals surface area (Å²) >= 11 is 0. The molecule has 7 nitrogen and oxygen atoms in total. The molecule has 8 atom stereocenters. The molecule has 2 aliphatic carbocycles. The summed E-state index contributed by atoms with van der Waals surface area (Å²) in [5, 5.41) is 10.9. The van der Waals surface area contributed by atoms with Gasteiger partial charge in [0, 0.05) is 37.2 Å². The van der Waals surface area contributed by atoms with E-state index in [1.54, 1.807) is 0 Å². The minimum Gasteiger partial charge on any atom is -0.462 e. The molecule has 1 saturated heterocycles. The van der Waals surface area contributed by atoms with Crippen molar-refractivity contribution in [1.82, 2.24) is 0 Å². The largest absolute Gasteiger partial charge is 0.462 e. The SMILES string of the molecule is C=C1C(=O)OC2CC(C)C3C(OC(C)=O)CC(O)C3(C)C(OC(C)=O)C12. The zero-order valence-corrected chi connectivity index (χ0v) is 15.6. The van der Waals surface area contributed by atoms with Crippen LogP contribution < -0.4 is 0 Å². The highest BCUT2D eigenvalue weighted by Crippen LogP contribution is 2.58. The van der Waals surface area contributed by atoms with Crippen LogP contribution in [-0.2, 0) is 28.6 Å². The number of ether oxygens (including phenoxy) is 3. The Hall–Kier alpha value is -1.89. The number of hydrogen-bond acceptors (Lipinski definition) is 7. The first kappa shape index (κ1) is 18.9. The van der Waals surface area contributed by atoms with Gasteiger partial charge in [0.15, 0.2) is 0 Å². The average molecular weight is 366 g/mol. The van der Waals surface area contributed by atoms with E-state index in [9.17, 15) is 19.5 Å². The number of aliphatic hydroxyl groups excluding tert-OH is 1.